The predicted octanol–water partition coefficient (Wildman–Crippen LogP) is 1.45. The minimum atomic E-state index is -0.309. The number of carbonyl (C=O) groups excluding carboxylic acids is 2. The second-order valence-electron chi connectivity index (χ2n) is 4.69. The van der Waals surface area contributed by atoms with Crippen LogP contribution in [0.15, 0.2) is 18.2 Å². The Morgan fingerprint density at radius 2 is 1.89 bits per heavy atom. The van der Waals surface area contributed by atoms with Crippen molar-refractivity contribution in [1.29, 1.82) is 0 Å². The number of esters is 1. The van der Waals surface area contributed by atoms with Crippen molar-refractivity contribution < 1.29 is 23.8 Å². The van der Waals surface area contributed by atoms with E-state index in [1.807, 2.05) is 0 Å². The quantitative estimate of drug-likeness (QED) is 0.609. The van der Waals surface area contributed by atoms with Gasteiger partial charge in [-0.05, 0) is 24.6 Å². The average molecular weight is 262 g/mol. The second-order valence-corrected chi connectivity index (χ2v) is 4.69. The van der Waals surface area contributed by atoms with Crippen molar-refractivity contribution in [2.45, 2.75) is 6.42 Å². The van der Waals surface area contributed by atoms with Crippen molar-refractivity contribution >= 4 is 11.8 Å². The molecule has 1 heterocycles. The van der Waals surface area contributed by atoms with Gasteiger partial charge in [-0.25, -0.2) is 0 Å². The maximum Gasteiger partial charge on any atom is 0.309 e. The standard InChI is InChI=1S/C14H14O5/c1-17-14(16)10-7-9(10)13(15)8-2-3-11-12(6-8)19-5-4-18-11/h2-3,6,9-10H,4-5,7H2,1H3. The van der Waals surface area contributed by atoms with Crippen LogP contribution in [0, 0.1) is 11.8 Å². The lowest BCUT2D eigenvalue weighted by molar-refractivity contribution is -0.142. The molecule has 0 N–H and O–H groups in total. The average Bonchev–Trinajstić information content (AvgIpc) is 3.25. The number of carbonyl (C=O) groups is 2. The summed E-state index contributed by atoms with van der Waals surface area (Å²) in [6, 6.07) is 5.13. The highest BCUT2D eigenvalue weighted by Gasteiger charge is 2.49. The van der Waals surface area contributed by atoms with E-state index in [0.29, 0.717) is 36.7 Å². The van der Waals surface area contributed by atoms with Crippen molar-refractivity contribution in [2.24, 2.45) is 11.8 Å². The van der Waals surface area contributed by atoms with Crippen molar-refractivity contribution in [3.63, 3.8) is 0 Å². The smallest absolute Gasteiger partial charge is 0.309 e. The Bertz CT molecular complexity index is 537. The van der Waals surface area contributed by atoms with E-state index >= 15 is 0 Å². The third-order valence-electron chi connectivity index (χ3n) is 3.46. The van der Waals surface area contributed by atoms with E-state index in [0.717, 1.165) is 0 Å². The summed E-state index contributed by atoms with van der Waals surface area (Å²) in [5.41, 5.74) is 0.556. The van der Waals surface area contributed by atoms with Crippen LogP contribution >= 0.6 is 0 Å². The number of benzene rings is 1. The van der Waals surface area contributed by atoms with Gasteiger partial charge in [0, 0.05) is 11.5 Å². The summed E-state index contributed by atoms with van der Waals surface area (Å²) in [6.45, 7) is 1.01. The van der Waals surface area contributed by atoms with E-state index in [4.69, 9.17) is 9.47 Å². The third-order valence-corrected chi connectivity index (χ3v) is 3.46. The van der Waals surface area contributed by atoms with E-state index in [9.17, 15) is 9.59 Å². The van der Waals surface area contributed by atoms with Crippen molar-refractivity contribution in [1.82, 2.24) is 0 Å². The number of fused-ring (bicyclic) bond motifs is 1. The predicted molar refractivity (Wildman–Crippen MR) is 65.4 cm³/mol. The van der Waals surface area contributed by atoms with Crippen molar-refractivity contribution in [2.75, 3.05) is 20.3 Å². The molecule has 0 aromatic heterocycles. The number of ether oxygens (including phenoxy) is 3. The number of hydrogen-bond donors (Lipinski definition) is 0. The van der Waals surface area contributed by atoms with Gasteiger partial charge >= 0.3 is 5.97 Å². The van der Waals surface area contributed by atoms with Gasteiger partial charge in [-0.15, -0.1) is 0 Å². The highest BCUT2D eigenvalue weighted by Crippen LogP contribution is 2.42. The first-order valence-corrected chi connectivity index (χ1v) is 6.22. The molecular weight excluding hydrogens is 248 g/mol. The summed E-state index contributed by atoms with van der Waals surface area (Å²) in [5.74, 6) is 0.361. The van der Waals surface area contributed by atoms with Crippen LogP contribution in [0.25, 0.3) is 0 Å². The van der Waals surface area contributed by atoms with Crippen LogP contribution < -0.4 is 9.47 Å². The lowest BCUT2D eigenvalue weighted by Crippen LogP contribution is -2.16. The van der Waals surface area contributed by atoms with Crippen LogP contribution in [0.1, 0.15) is 16.8 Å². The zero-order valence-corrected chi connectivity index (χ0v) is 10.5. The van der Waals surface area contributed by atoms with E-state index < -0.39 is 0 Å². The van der Waals surface area contributed by atoms with Gasteiger partial charge in [0.1, 0.15) is 13.2 Å². The van der Waals surface area contributed by atoms with Gasteiger partial charge in [0.2, 0.25) is 0 Å². The van der Waals surface area contributed by atoms with Crippen LogP contribution in [0.4, 0.5) is 0 Å². The fraction of sp³-hybridized carbons (Fsp3) is 0.429. The summed E-state index contributed by atoms with van der Waals surface area (Å²) >= 11 is 0. The minimum Gasteiger partial charge on any atom is -0.486 e. The molecule has 0 bridgehead atoms. The number of methoxy groups -OCH3 is 1. The lowest BCUT2D eigenvalue weighted by atomic mass is 10.1. The molecule has 3 rings (SSSR count). The topological polar surface area (TPSA) is 61.8 Å². The molecule has 19 heavy (non-hydrogen) atoms. The van der Waals surface area contributed by atoms with E-state index in [1.54, 1.807) is 18.2 Å². The maximum absolute atomic E-state index is 12.2. The fourth-order valence-corrected chi connectivity index (χ4v) is 2.31. The first-order valence-electron chi connectivity index (χ1n) is 6.22. The van der Waals surface area contributed by atoms with Gasteiger partial charge in [0.25, 0.3) is 0 Å². The number of hydrogen-bond acceptors (Lipinski definition) is 5. The van der Waals surface area contributed by atoms with Gasteiger partial charge < -0.3 is 14.2 Å². The van der Waals surface area contributed by atoms with Crippen LogP contribution in [0.3, 0.4) is 0 Å². The van der Waals surface area contributed by atoms with Gasteiger partial charge in [0.15, 0.2) is 17.3 Å². The molecule has 1 saturated carbocycles. The molecule has 1 aromatic rings. The monoisotopic (exact) mass is 262 g/mol. The zero-order chi connectivity index (χ0) is 13.4. The normalized spacial score (nSPS) is 23.6. The lowest BCUT2D eigenvalue weighted by Gasteiger charge is -2.18. The molecule has 1 fully saturated rings. The van der Waals surface area contributed by atoms with Crippen molar-refractivity contribution in [3.8, 4) is 11.5 Å². The Balaban J connectivity index is 1.76. The highest BCUT2D eigenvalue weighted by molar-refractivity contribution is 6.03. The molecule has 1 aliphatic carbocycles. The van der Waals surface area contributed by atoms with E-state index in [1.165, 1.54) is 7.11 Å². The maximum atomic E-state index is 12.2. The second kappa shape index (κ2) is 4.57. The fourth-order valence-electron chi connectivity index (χ4n) is 2.31. The molecular formula is C14H14O5. The van der Waals surface area contributed by atoms with Crippen LogP contribution in [-0.2, 0) is 9.53 Å². The Morgan fingerprint density at radius 3 is 2.63 bits per heavy atom. The summed E-state index contributed by atoms with van der Waals surface area (Å²) in [5, 5.41) is 0. The molecule has 1 aromatic carbocycles. The summed E-state index contributed by atoms with van der Waals surface area (Å²) in [6.07, 6.45) is 0.569. The van der Waals surface area contributed by atoms with Crippen molar-refractivity contribution in [3.05, 3.63) is 23.8 Å². The van der Waals surface area contributed by atoms with Crippen LogP contribution in [-0.4, -0.2) is 32.1 Å². The summed E-state index contributed by atoms with van der Waals surface area (Å²) < 4.78 is 15.5. The molecule has 2 unspecified atom stereocenters. The van der Waals surface area contributed by atoms with Crippen LogP contribution in [0.2, 0.25) is 0 Å². The van der Waals surface area contributed by atoms with E-state index in [-0.39, 0.29) is 23.6 Å². The first-order chi connectivity index (χ1) is 9.20. The molecule has 100 valence electrons. The molecule has 5 nitrogen and oxygen atoms in total. The van der Waals surface area contributed by atoms with Gasteiger partial charge in [-0.2, -0.15) is 0 Å². The zero-order valence-electron chi connectivity index (χ0n) is 10.5. The first kappa shape index (κ1) is 12.0. The minimum absolute atomic E-state index is 0.0348. The SMILES string of the molecule is COC(=O)C1CC1C(=O)c1ccc2c(c1)OCCO2. The Kier molecular flexibility index (Phi) is 2.89. The molecule has 2 aliphatic rings. The Morgan fingerprint density at radius 1 is 1.16 bits per heavy atom. The number of ketones is 1. The Hall–Kier alpha value is -2.04. The van der Waals surface area contributed by atoms with E-state index in [2.05, 4.69) is 4.74 Å². The summed E-state index contributed by atoms with van der Waals surface area (Å²) in [4.78, 5) is 23.6. The van der Waals surface area contributed by atoms with Gasteiger partial charge in [-0.3, -0.25) is 9.59 Å². The van der Waals surface area contributed by atoms with Crippen LogP contribution in [0.5, 0.6) is 11.5 Å². The molecule has 5 heteroatoms. The third kappa shape index (κ3) is 2.16. The largest absolute Gasteiger partial charge is 0.486 e. The molecule has 0 saturated heterocycles. The molecule has 0 spiro atoms. The molecule has 0 amide bonds. The molecule has 1 aliphatic heterocycles. The molecule has 2 atom stereocenters. The molecule has 0 radical (unpaired) electrons. The van der Waals surface area contributed by atoms with Gasteiger partial charge in [-0.1, -0.05) is 0 Å². The summed E-state index contributed by atoms with van der Waals surface area (Å²) in [7, 11) is 1.34. The van der Waals surface area contributed by atoms with Gasteiger partial charge in [0.05, 0.1) is 13.0 Å². The number of rotatable bonds is 3. The highest BCUT2D eigenvalue weighted by atomic mass is 16.6. The number of Topliss-reactive ketones (excluding diaryl/α,β-unsaturated/α-hetero) is 1. The Labute approximate surface area is 110 Å².